The molecule has 3 aliphatic heterocycles. The van der Waals surface area contributed by atoms with Crippen LogP contribution in [0.2, 0.25) is 0 Å². The third kappa shape index (κ3) is 3.53. The van der Waals surface area contributed by atoms with Crippen LogP contribution < -0.4 is 4.90 Å². The molecule has 0 bridgehead atoms. The monoisotopic (exact) mass is 446 g/mol. The van der Waals surface area contributed by atoms with Crippen molar-refractivity contribution in [1.29, 1.82) is 0 Å². The number of anilines is 2. The Balaban J connectivity index is 1.42. The highest BCUT2D eigenvalue weighted by molar-refractivity contribution is 5.76. The summed E-state index contributed by atoms with van der Waals surface area (Å²) in [5.41, 5.74) is 7.29. The molecule has 5 heterocycles. The van der Waals surface area contributed by atoms with Crippen LogP contribution in [0.5, 0.6) is 0 Å². The highest BCUT2D eigenvalue weighted by atomic mass is 16.5. The van der Waals surface area contributed by atoms with Crippen molar-refractivity contribution >= 4 is 17.4 Å². The van der Waals surface area contributed by atoms with E-state index in [0.717, 1.165) is 63.2 Å². The van der Waals surface area contributed by atoms with Crippen LogP contribution in [0, 0.1) is 0 Å². The molecule has 0 N–H and O–H groups in total. The molecule has 3 aliphatic rings. The van der Waals surface area contributed by atoms with Gasteiger partial charge in [0.15, 0.2) is 12.0 Å². The van der Waals surface area contributed by atoms with E-state index in [1.165, 1.54) is 28.1 Å². The van der Waals surface area contributed by atoms with Crippen molar-refractivity contribution < 1.29 is 9.53 Å². The zero-order valence-corrected chi connectivity index (χ0v) is 19.3. The van der Waals surface area contributed by atoms with Crippen LogP contribution in [-0.2, 0) is 36.0 Å². The van der Waals surface area contributed by atoms with Gasteiger partial charge >= 0.3 is 0 Å². The average Bonchev–Trinajstić information content (AvgIpc) is 3.57. The quantitative estimate of drug-likeness (QED) is 0.615. The van der Waals surface area contributed by atoms with Gasteiger partial charge in [-0.3, -0.25) is 9.48 Å². The minimum Gasteiger partial charge on any atom is -0.357 e. The summed E-state index contributed by atoms with van der Waals surface area (Å²) >= 11 is 0. The Morgan fingerprint density at radius 1 is 1.15 bits per heavy atom. The van der Waals surface area contributed by atoms with E-state index in [1.54, 1.807) is 6.92 Å². The molecule has 0 radical (unpaired) electrons. The molecule has 1 unspecified atom stereocenters. The molecule has 1 saturated heterocycles. The third-order valence-corrected chi connectivity index (χ3v) is 7.18. The number of carbonyl (C=O) groups excluding carboxylic acids is 1. The van der Waals surface area contributed by atoms with Gasteiger partial charge in [0, 0.05) is 63.1 Å². The van der Waals surface area contributed by atoms with Crippen LogP contribution >= 0.6 is 0 Å². The van der Waals surface area contributed by atoms with Gasteiger partial charge in [-0.25, -0.2) is 4.68 Å². The van der Waals surface area contributed by atoms with Crippen LogP contribution in [0.1, 0.15) is 49.2 Å². The summed E-state index contributed by atoms with van der Waals surface area (Å²) in [4.78, 5) is 16.5. The van der Waals surface area contributed by atoms with Gasteiger partial charge in [0.05, 0.1) is 18.4 Å². The van der Waals surface area contributed by atoms with Gasteiger partial charge in [-0.2, -0.15) is 10.2 Å². The maximum absolute atomic E-state index is 12.2. The number of carbonyl (C=O) groups is 1. The van der Waals surface area contributed by atoms with Crippen LogP contribution in [-0.4, -0.2) is 50.1 Å². The summed E-state index contributed by atoms with van der Waals surface area (Å²) in [5.74, 6) is 1.11. The Bertz CT molecular complexity index is 1210. The van der Waals surface area contributed by atoms with Crippen molar-refractivity contribution in [2.75, 3.05) is 24.6 Å². The van der Waals surface area contributed by atoms with Gasteiger partial charge in [0.2, 0.25) is 5.91 Å². The Labute approximate surface area is 193 Å². The van der Waals surface area contributed by atoms with Crippen molar-refractivity contribution in [3.05, 3.63) is 47.4 Å². The molecular weight excluding hydrogens is 416 g/mol. The Kier molecular flexibility index (Phi) is 4.98. The molecule has 1 aromatic carbocycles. The lowest BCUT2D eigenvalue weighted by molar-refractivity contribution is -0.129. The molecule has 172 valence electrons. The number of aryl methyl sites for hydroxylation is 2. The standard InChI is InChI=1S/C25H30N6O2/c1-17(32)29-11-9-23-21(16-29)25(27-31(23)24-6-4-12-33-24)30-10-3-5-19-13-18(7-8-22(19)30)20-14-26-28(2)15-20/h7-8,13-15,24H,3-6,9-12,16H2,1-2H3. The molecular formula is C25H30N6O2. The van der Waals surface area contributed by atoms with Crippen molar-refractivity contribution in [3.8, 4) is 11.1 Å². The molecule has 8 heteroatoms. The number of hydrogen-bond donors (Lipinski definition) is 0. The minimum atomic E-state index is 0.00796. The van der Waals surface area contributed by atoms with Crippen LogP contribution in [0.3, 0.4) is 0 Å². The zero-order valence-electron chi connectivity index (χ0n) is 19.3. The summed E-state index contributed by atoms with van der Waals surface area (Å²) in [6, 6.07) is 6.70. The Morgan fingerprint density at radius 2 is 2.06 bits per heavy atom. The number of ether oxygens (including phenoxy) is 1. The normalized spacial score (nSPS) is 20.1. The maximum atomic E-state index is 12.2. The number of nitrogens with zero attached hydrogens (tertiary/aromatic N) is 6. The van der Waals surface area contributed by atoms with E-state index >= 15 is 0 Å². The number of fused-ring (bicyclic) bond motifs is 2. The summed E-state index contributed by atoms with van der Waals surface area (Å²) in [7, 11) is 1.95. The van der Waals surface area contributed by atoms with E-state index in [-0.39, 0.29) is 12.1 Å². The fourth-order valence-corrected chi connectivity index (χ4v) is 5.47. The molecule has 2 aromatic heterocycles. The number of amides is 1. The van der Waals surface area contributed by atoms with Crippen molar-refractivity contribution in [1.82, 2.24) is 24.5 Å². The minimum absolute atomic E-state index is 0.00796. The van der Waals surface area contributed by atoms with Crippen LogP contribution in [0.4, 0.5) is 11.5 Å². The van der Waals surface area contributed by atoms with Crippen molar-refractivity contribution in [2.24, 2.45) is 7.05 Å². The fourth-order valence-electron chi connectivity index (χ4n) is 5.47. The topological polar surface area (TPSA) is 68.4 Å². The lowest BCUT2D eigenvalue weighted by atomic mass is 9.96. The van der Waals surface area contributed by atoms with Crippen molar-refractivity contribution in [2.45, 2.75) is 51.8 Å². The predicted molar refractivity (Wildman–Crippen MR) is 125 cm³/mol. The fraction of sp³-hybridized carbons (Fsp3) is 0.480. The van der Waals surface area contributed by atoms with Gasteiger partial charge < -0.3 is 14.5 Å². The molecule has 1 atom stereocenters. The zero-order chi connectivity index (χ0) is 22.5. The molecule has 8 nitrogen and oxygen atoms in total. The smallest absolute Gasteiger partial charge is 0.219 e. The van der Waals surface area contributed by atoms with E-state index in [1.807, 2.05) is 22.8 Å². The summed E-state index contributed by atoms with van der Waals surface area (Å²) in [5, 5.41) is 9.47. The van der Waals surface area contributed by atoms with Gasteiger partial charge in [0.1, 0.15) is 0 Å². The molecule has 0 saturated carbocycles. The predicted octanol–water partition coefficient (Wildman–Crippen LogP) is 3.58. The number of benzene rings is 1. The third-order valence-electron chi connectivity index (χ3n) is 7.18. The maximum Gasteiger partial charge on any atom is 0.219 e. The average molecular weight is 447 g/mol. The summed E-state index contributed by atoms with van der Waals surface area (Å²) in [6.45, 7) is 4.73. The van der Waals surface area contributed by atoms with E-state index < -0.39 is 0 Å². The van der Waals surface area contributed by atoms with Crippen LogP contribution in [0.25, 0.3) is 11.1 Å². The van der Waals surface area contributed by atoms with Crippen molar-refractivity contribution in [3.63, 3.8) is 0 Å². The lowest BCUT2D eigenvalue weighted by Crippen LogP contribution is -2.35. The highest BCUT2D eigenvalue weighted by Gasteiger charge is 2.33. The Morgan fingerprint density at radius 3 is 2.82 bits per heavy atom. The molecule has 6 rings (SSSR count). The SMILES string of the molecule is CC(=O)N1CCc2c(c(N3CCCc4cc(-c5cnn(C)c5)ccc43)nn2C2CCCO2)C1. The first-order valence-electron chi connectivity index (χ1n) is 12.0. The van der Waals surface area contributed by atoms with E-state index in [9.17, 15) is 4.79 Å². The second kappa shape index (κ2) is 8.02. The number of aromatic nitrogens is 4. The molecule has 3 aromatic rings. The second-order valence-corrected chi connectivity index (χ2v) is 9.35. The molecule has 33 heavy (non-hydrogen) atoms. The van der Waals surface area contributed by atoms with E-state index in [0.29, 0.717) is 6.54 Å². The first-order chi connectivity index (χ1) is 16.1. The number of hydrogen-bond acceptors (Lipinski definition) is 5. The molecule has 0 spiro atoms. The van der Waals surface area contributed by atoms with Gasteiger partial charge in [-0.05, 0) is 48.9 Å². The number of rotatable bonds is 3. The van der Waals surface area contributed by atoms with E-state index in [2.05, 4.69) is 39.1 Å². The second-order valence-electron chi connectivity index (χ2n) is 9.35. The van der Waals surface area contributed by atoms with Gasteiger partial charge in [-0.1, -0.05) is 6.07 Å². The first kappa shape index (κ1) is 20.5. The molecule has 1 fully saturated rings. The van der Waals surface area contributed by atoms with E-state index in [4.69, 9.17) is 9.84 Å². The van der Waals surface area contributed by atoms with Gasteiger partial charge in [0.25, 0.3) is 0 Å². The Hall–Kier alpha value is -3.13. The van der Waals surface area contributed by atoms with Crippen LogP contribution in [0.15, 0.2) is 30.6 Å². The largest absolute Gasteiger partial charge is 0.357 e. The highest BCUT2D eigenvalue weighted by Crippen LogP contribution is 2.40. The first-order valence-corrected chi connectivity index (χ1v) is 12.0. The summed E-state index contributed by atoms with van der Waals surface area (Å²) in [6.07, 6.45) is 8.98. The molecule has 0 aliphatic carbocycles. The summed E-state index contributed by atoms with van der Waals surface area (Å²) < 4.78 is 9.97. The lowest BCUT2D eigenvalue weighted by Gasteiger charge is -2.32. The van der Waals surface area contributed by atoms with Gasteiger partial charge in [-0.15, -0.1) is 0 Å². The molecule has 1 amide bonds.